The number of carbonyl (C=O) groups excluding carboxylic acids is 1. The summed E-state index contributed by atoms with van der Waals surface area (Å²) in [6.07, 6.45) is -0.0335. The fraction of sp³-hybridized carbons (Fsp3) is 0.364. The molecule has 0 saturated heterocycles. The van der Waals surface area contributed by atoms with Gasteiger partial charge in [0.05, 0.1) is 11.0 Å². The molecule has 1 aromatic carbocycles. The number of nitro benzene ring substituents is 1. The van der Waals surface area contributed by atoms with E-state index in [1.165, 1.54) is 6.07 Å². The van der Waals surface area contributed by atoms with Crippen LogP contribution >= 0.6 is 0 Å². The number of hydrogen-bond acceptors (Lipinski definition) is 3. The van der Waals surface area contributed by atoms with Crippen molar-refractivity contribution in [1.29, 1.82) is 0 Å². The number of halogens is 1. The second kappa shape index (κ2) is 4.83. The molecule has 1 rings (SSSR count). The van der Waals surface area contributed by atoms with Crippen LogP contribution < -0.4 is 0 Å². The number of nitrogens with zero attached hydrogens (tertiary/aromatic N) is 1. The van der Waals surface area contributed by atoms with E-state index in [0.717, 1.165) is 12.1 Å². The molecule has 86 valence electrons. The highest BCUT2D eigenvalue weighted by Gasteiger charge is 2.18. The van der Waals surface area contributed by atoms with Gasteiger partial charge in [0.2, 0.25) is 0 Å². The minimum Gasteiger partial charge on any atom is -0.299 e. The van der Waals surface area contributed by atoms with Crippen molar-refractivity contribution in [2.24, 2.45) is 5.92 Å². The number of hydrogen-bond donors (Lipinski definition) is 0. The van der Waals surface area contributed by atoms with E-state index in [1.54, 1.807) is 13.8 Å². The minimum atomic E-state index is -0.675. The molecule has 0 bridgehead atoms. The fourth-order valence-electron chi connectivity index (χ4n) is 1.25. The summed E-state index contributed by atoms with van der Waals surface area (Å²) in [5, 5.41) is 10.7. The summed E-state index contributed by atoms with van der Waals surface area (Å²) in [5.74, 6) is -0.966. The van der Waals surface area contributed by atoms with Crippen LogP contribution in [0.3, 0.4) is 0 Å². The Morgan fingerprint density at radius 1 is 1.50 bits per heavy atom. The number of Topliss-reactive ketones (excluding diaryl/α,β-unsaturated/α-hetero) is 1. The van der Waals surface area contributed by atoms with E-state index in [9.17, 15) is 19.3 Å². The molecule has 0 radical (unpaired) electrons. The maximum absolute atomic E-state index is 12.8. The number of rotatable bonds is 4. The van der Waals surface area contributed by atoms with Crippen molar-refractivity contribution in [3.63, 3.8) is 0 Å². The SMILES string of the molecule is CC(C)C(=O)Cc1ccc(F)cc1[N+](=O)[O-]. The molecule has 0 aliphatic heterocycles. The number of ketones is 1. The molecule has 0 atom stereocenters. The van der Waals surface area contributed by atoms with Crippen molar-refractivity contribution in [2.75, 3.05) is 0 Å². The molecule has 0 spiro atoms. The van der Waals surface area contributed by atoms with Gasteiger partial charge in [-0.05, 0) is 12.1 Å². The van der Waals surface area contributed by atoms with Crippen LogP contribution in [0.15, 0.2) is 18.2 Å². The molecular formula is C11H12FNO3. The lowest BCUT2D eigenvalue weighted by Crippen LogP contribution is -2.11. The largest absolute Gasteiger partial charge is 0.299 e. The zero-order valence-corrected chi connectivity index (χ0v) is 9.07. The molecule has 5 heteroatoms. The van der Waals surface area contributed by atoms with Crippen LogP contribution in [-0.4, -0.2) is 10.7 Å². The van der Waals surface area contributed by atoms with Gasteiger partial charge in [-0.3, -0.25) is 14.9 Å². The Balaban J connectivity index is 3.04. The third-order valence-corrected chi connectivity index (χ3v) is 2.25. The Bertz CT molecular complexity index is 429. The predicted molar refractivity (Wildman–Crippen MR) is 56.6 cm³/mol. The van der Waals surface area contributed by atoms with Crippen LogP contribution in [0.2, 0.25) is 0 Å². The Morgan fingerprint density at radius 3 is 2.62 bits per heavy atom. The fourth-order valence-corrected chi connectivity index (χ4v) is 1.25. The van der Waals surface area contributed by atoms with Crippen LogP contribution in [0.25, 0.3) is 0 Å². The molecule has 0 unspecified atom stereocenters. The highest BCUT2D eigenvalue weighted by Crippen LogP contribution is 2.21. The zero-order chi connectivity index (χ0) is 12.3. The van der Waals surface area contributed by atoms with Crippen LogP contribution in [0, 0.1) is 21.8 Å². The third-order valence-electron chi connectivity index (χ3n) is 2.25. The highest BCUT2D eigenvalue weighted by molar-refractivity contribution is 5.83. The van der Waals surface area contributed by atoms with Gasteiger partial charge in [-0.1, -0.05) is 13.8 Å². The van der Waals surface area contributed by atoms with Gasteiger partial charge in [0.15, 0.2) is 0 Å². The zero-order valence-electron chi connectivity index (χ0n) is 9.07. The number of nitro groups is 1. The molecule has 0 N–H and O–H groups in total. The summed E-state index contributed by atoms with van der Waals surface area (Å²) in [7, 11) is 0. The highest BCUT2D eigenvalue weighted by atomic mass is 19.1. The number of carbonyl (C=O) groups is 1. The van der Waals surface area contributed by atoms with Gasteiger partial charge in [0.25, 0.3) is 5.69 Å². The van der Waals surface area contributed by atoms with Crippen molar-refractivity contribution >= 4 is 11.5 Å². The lowest BCUT2D eigenvalue weighted by atomic mass is 10.00. The Kier molecular flexibility index (Phi) is 3.71. The summed E-state index contributed by atoms with van der Waals surface area (Å²) < 4.78 is 12.8. The predicted octanol–water partition coefficient (Wildman–Crippen LogP) is 2.50. The summed E-state index contributed by atoms with van der Waals surface area (Å²) in [6.45, 7) is 3.44. The van der Waals surface area contributed by atoms with Crippen molar-refractivity contribution < 1.29 is 14.1 Å². The molecular weight excluding hydrogens is 213 g/mol. The van der Waals surface area contributed by atoms with Gasteiger partial charge in [-0.15, -0.1) is 0 Å². The average molecular weight is 225 g/mol. The van der Waals surface area contributed by atoms with Gasteiger partial charge in [-0.25, -0.2) is 4.39 Å². The van der Waals surface area contributed by atoms with Crippen molar-refractivity contribution in [1.82, 2.24) is 0 Å². The first-order valence-electron chi connectivity index (χ1n) is 4.87. The van der Waals surface area contributed by atoms with Crippen molar-refractivity contribution in [3.8, 4) is 0 Å². The maximum atomic E-state index is 12.8. The van der Waals surface area contributed by atoms with Crippen LogP contribution in [0.4, 0.5) is 10.1 Å². The molecule has 0 fully saturated rings. The van der Waals surface area contributed by atoms with Crippen LogP contribution in [0.1, 0.15) is 19.4 Å². The summed E-state index contributed by atoms with van der Waals surface area (Å²) in [4.78, 5) is 21.4. The quantitative estimate of drug-likeness (QED) is 0.584. The van der Waals surface area contributed by atoms with Gasteiger partial charge in [0, 0.05) is 17.9 Å². The first kappa shape index (κ1) is 12.3. The molecule has 0 saturated carbocycles. The first-order valence-corrected chi connectivity index (χ1v) is 4.87. The van der Waals surface area contributed by atoms with E-state index in [-0.39, 0.29) is 29.4 Å². The van der Waals surface area contributed by atoms with E-state index in [1.807, 2.05) is 0 Å². The molecule has 0 heterocycles. The first-order chi connectivity index (χ1) is 7.41. The standard InChI is InChI=1S/C11H12FNO3/c1-7(2)11(14)5-8-3-4-9(12)6-10(8)13(15)16/h3-4,6-7H,5H2,1-2H3. The Morgan fingerprint density at radius 2 is 2.12 bits per heavy atom. The molecule has 0 aromatic heterocycles. The summed E-state index contributed by atoms with van der Waals surface area (Å²) in [6, 6.07) is 3.24. The van der Waals surface area contributed by atoms with E-state index < -0.39 is 10.7 Å². The Hall–Kier alpha value is -1.78. The number of benzene rings is 1. The normalized spacial score (nSPS) is 10.5. The molecule has 0 aliphatic carbocycles. The smallest absolute Gasteiger partial charge is 0.275 e. The third kappa shape index (κ3) is 2.85. The lowest BCUT2D eigenvalue weighted by molar-refractivity contribution is -0.385. The molecule has 1 aromatic rings. The Labute approximate surface area is 92.2 Å². The van der Waals surface area contributed by atoms with Crippen molar-refractivity contribution in [3.05, 3.63) is 39.7 Å². The van der Waals surface area contributed by atoms with E-state index in [2.05, 4.69) is 0 Å². The van der Waals surface area contributed by atoms with Gasteiger partial charge >= 0.3 is 0 Å². The second-order valence-corrected chi connectivity index (χ2v) is 3.83. The topological polar surface area (TPSA) is 60.2 Å². The monoisotopic (exact) mass is 225 g/mol. The van der Waals surface area contributed by atoms with Crippen LogP contribution in [0.5, 0.6) is 0 Å². The van der Waals surface area contributed by atoms with E-state index in [4.69, 9.17) is 0 Å². The maximum Gasteiger partial charge on any atom is 0.275 e. The van der Waals surface area contributed by atoms with Gasteiger partial charge in [0.1, 0.15) is 11.6 Å². The molecule has 0 aliphatic rings. The van der Waals surface area contributed by atoms with Gasteiger partial charge in [-0.2, -0.15) is 0 Å². The van der Waals surface area contributed by atoms with Crippen LogP contribution in [-0.2, 0) is 11.2 Å². The van der Waals surface area contributed by atoms with Gasteiger partial charge < -0.3 is 0 Å². The second-order valence-electron chi connectivity index (χ2n) is 3.83. The minimum absolute atomic E-state index is 0.0335. The molecule has 4 nitrogen and oxygen atoms in total. The lowest BCUT2D eigenvalue weighted by Gasteiger charge is -2.05. The van der Waals surface area contributed by atoms with Crippen molar-refractivity contribution in [2.45, 2.75) is 20.3 Å². The molecule has 0 amide bonds. The average Bonchev–Trinajstić information content (AvgIpc) is 2.20. The molecule has 16 heavy (non-hydrogen) atoms. The summed E-state index contributed by atoms with van der Waals surface area (Å²) in [5.41, 5.74) is -0.0842. The van der Waals surface area contributed by atoms with E-state index >= 15 is 0 Å². The van der Waals surface area contributed by atoms with E-state index in [0.29, 0.717) is 0 Å². The summed E-state index contributed by atoms with van der Waals surface area (Å²) >= 11 is 0.